The van der Waals surface area contributed by atoms with Crippen molar-refractivity contribution < 1.29 is 9.47 Å². The number of benzene rings is 2. The highest BCUT2D eigenvalue weighted by molar-refractivity contribution is 7.80. The van der Waals surface area contributed by atoms with E-state index in [9.17, 15) is 0 Å². The number of ether oxygens (including phenoxy) is 2. The lowest BCUT2D eigenvalue weighted by Crippen LogP contribution is -2.28. The summed E-state index contributed by atoms with van der Waals surface area (Å²) < 4.78 is 11.2. The van der Waals surface area contributed by atoms with E-state index in [4.69, 9.17) is 33.3 Å². The molecule has 2 rings (SSSR count). The first-order valence-electron chi connectivity index (χ1n) is 7.18. The van der Waals surface area contributed by atoms with E-state index < -0.39 is 0 Å². The molecule has 0 fully saturated rings. The Morgan fingerprint density at radius 3 is 2.62 bits per heavy atom. The van der Waals surface area contributed by atoms with Gasteiger partial charge in [0.25, 0.3) is 0 Å². The zero-order valence-electron chi connectivity index (χ0n) is 13.4. The van der Waals surface area contributed by atoms with Gasteiger partial charge in [-0.1, -0.05) is 23.7 Å². The van der Waals surface area contributed by atoms with Crippen molar-refractivity contribution in [3.05, 3.63) is 58.6 Å². The summed E-state index contributed by atoms with van der Waals surface area (Å²) in [5.74, 6) is 1.28. The topological polar surface area (TPSA) is 54.9 Å². The second-order valence-electron chi connectivity index (χ2n) is 4.77. The molecule has 0 bridgehead atoms. The number of thiocarbonyl (C=S) groups is 1. The van der Waals surface area contributed by atoms with Crippen LogP contribution in [0.5, 0.6) is 11.5 Å². The highest BCUT2D eigenvalue weighted by atomic mass is 35.5. The molecule has 126 valence electrons. The van der Waals surface area contributed by atoms with Crippen LogP contribution in [0.4, 0.5) is 0 Å². The lowest BCUT2D eigenvalue weighted by Gasteiger charge is -2.11. The summed E-state index contributed by atoms with van der Waals surface area (Å²) in [5.41, 5.74) is 4.57. The second kappa shape index (κ2) is 9.10. The van der Waals surface area contributed by atoms with E-state index >= 15 is 0 Å². The maximum atomic E-state index is 5.88. The summed E-state index contributed by atoms with van der Waals surface area (Å²) in [4.78, 5) is 0. The summed E-state index contributed by atoms with van der Waals surface area (Å²) >= 11 is 10.8. The monoisotopic (exact) mass is 363 g/mol. The van der Waals surface area contributed by atoms with Crippen LogP contribution < -0.4 is 20.2 Å². The maximum Gasteiger partial charge on any atom is 0.186 e. The highest BCUT2D eigenvalue weighted by Crippen LogP contribution is 2.28. The van der Waals surface area contributed by atoms with Crippen LogP contribution in [0, 0.1) is 0 Å². The minimum absolute atomic E-state index is 0.413. The summed E-state index contributed by atoms with van der Waals surface area (Å²) in [6, 6.07) is 13.1. The van der Waals surface area contributed by atoms with Gasteiger partial charge < -0.3 is 14.8 Å². The van der Waals surface area contributed by atoms with Gasteiger partial charge >= 0.3 is 0 Å². The zero-order valence-corrected chi connectivity index (χ0v) is 14.9. The molecule has 5 nitrogen and oxygen atoms in total. The van der Waals surface area contributed by atoms with Crippen LogP contribution in [-0.2, 0) is 6.61 Å². The van der Waals surface area contributed by atoms with E-state index in [-0.39, 0.29) is 0 Å². The average molecular weight is 364 g/mol. The van der Waals surface area contributed by atoms with Gasteiger partial charge in [0.15, 0.2) is 16.6 Å². The Morgan fingerprint density at radius 1 is 1.21 bits per heavy atom. The molecule has 2 N–H and O–H groups in total. The van der Waals surface area contributed by atoms with Crippen LogP contribution in [0.2, 0.25) is 5.02 Å². The third-order valence-electron chi connectivity index (χ3n) is 3.10. The molecule has 0 saturated carbocycles. The SMILES string of the molecule is CNC(=S)N/N=C/c1ccc(OC)c(OCc2ccc(Cl)cc2)c1. The van der Waals surface area contributed by atoms with Crippen molar-refractivity contribution in [3.63, 3.8) is 0 Å². The highest BCUT2D eigenvalue weighted by Gasteiger charge is 2.06. The molecule has 0 aromatic heterocycles. The van der Waals surface area contributed by atoms with Gasteiger partial charge in [0.05, 0.1) is 13.3 Å². The first-order valence-corrected chi connectivity index (χ1v) is 7.97. The molecule has 0 saturated heterocycles. The van der Waals surface area contributed by atoms with Crippen molar-refractivity contribution in [2.45, 2.75) is 6.61 Å². The first kappa shape index (κ1) is 18.0. The third kappa shape index (κ3) is 5.40. The van der Waals surface area contributed by atoms with Crippen LogP contribution in [-0.4, -0.2) is 25.5 Å². The minimum Gasteiger partial charge on any atom is -0.493 e. The lowest BCUT2D eigenvalue weighted by molar-refractivity contribution is 0.284. The maximum absolute atomic E-state index is 5.88. The Bertz CT molecular complexity index is 720. The molecule has 0 atom stereocenters. The average Bonchev–Trinajstić information content (AvgIpc) is 2.61. The van der Waals surface area contributed by atoms with Gasteiger partial charge in [-0.15, -0.1) is 0 Å². The van der Waals surface area contributed by atoms with Crippen molar-refractivity contribution in [2.75, 3.05) is 14.2 Å². The molecule has 0 spiro atoms. The molecule has 0 amide bonds. The fraction of sp³-hybridized carbons (Fsp3) is 0.176. The summed E-state index contributed by atoms with van der Waals surface area (Å²) in [6.07, 6.45) is 1.65. The Morgan fingerprint density at radius 2 is 1.96 bits per heavy atom. The molecule has 0 radical (unpaired) electrons. The van der Waals surface area contributed by atoms with Crippen molar-refractivity contribution in [3.8, 4) is 11.5 Å². The van der Waals surface area contributed by atoms with Gasteiger partial charge in [-0.25, -0.2) is 0 Å². The smallest absolute Gasteiger partial charge is 0.186 e. The van der Waals surface area contributed by atoms with E-state index in [1.54, 1.807) is 20.4 Å². The number of hydrazone groups is 1. The number of nitrogens with zero attached hydrogens (tertiary/aromatic N) is 1. The fourth-order valence-corrected chi connectivity index (χ4v) is 2.03. The molecule has 0 aliphatic heterocycles. The van der Waals surface area contributed by atoms with Gasteiger partial charge in [0.2, 0.25) is 0 Å². The number of methoxy groups -OCH3 is 1. The summed E-state index contributed by atoms with van der Waals surface area (Å²) in [5, 5.41) is 7.96. The van der Waals surface area contributed by atoms with Gasteiger partial charge in [0.1, 0.15) is 6.61 Å². The van der Waals surface area contributed by atoms with Gasteiger partial charge in [-0.05, 0) is 53.7 Å². The normalized spacial score (nSPS) is 10.5. The molecular weight excluding hydrogens is 346 g/mol. The van der Waals surface area contributed by atoms with Crippen molar-refractivity contribution in [1.82, 2.24) is 10.7 Å². The molecule has 0 unspecified atom stereocenters. The van der Waals surface area contributed by atoms with E-state index in [1.807, 2.05) is 42.5 Å². The molecule has 0 aliphatic carbocycles. The van der Waals surface area contributed by atoms with Gasteiger partial charge in [-0.2, -0.15) is 5.10 Å². The molecule has 0 aliphatic rings. The number of hydrogen-bond donors (Lipinski definition) is 2. The van der Waals surface area contributed by atoms with Crippen molar-refractivity contribution >= 4 is 35.1 Å². The van der Waals surface area contributed by atoms with Crippen LogP contribution in [0.15, 0.2) is 47.6 Å². The van der Waals surface area contributed by atoms with E-state index in [0.717, 1.165) is 11.1 Å². The largest absolute Gasteiger partial charge is 0.493 e. The fourth-order valence-electron chi connectivity index (χ4n) is 1.85. The van der Waals surface area contributed by atoms with Crippen molar-refractivity contribution in [2.24, 2.45) is 5.10 Å². The van der Waals surface area contributed by atoms with Gasteiger partial charge in [0, 0.05) is 12.1 Å². The summed E-state index contributed by atoms with van der Waals surface area (Å²) in [6.45, 7) is 0.413. The van der Waals surface area contributed by atoms with E-state index in [0.29, 0.717) is 28.2 Å². The Kier molecular flexibility index (Phi) is 6.84. The van der Waals surface area contributed by atoms with Gasteiger partial charge in [-0.3, -0.25) is 5.43 Å². The number of rotatable bonds is 6. The standard InChI is InChI=1S/C17H18ClN3O2S/c1-19-17(24)21-20-10-13-5-8-15(22-2)16(9-13)23-11-12-3-6-14(18)7-4-12/h3-10H,11H2,1-2H3,(H2,19,21,24)/b20-10+. The quantitative estimate of drug-likeness (QED) is 0.468. The second-order valence-corrected chi connectivity index (χ2v) is 5.62. The summed E-state index contributed by atoms with van der Waals surface area (Å²) in [7, 11) is 3.33. The molecule has 24 heavy (non-hydrogen) atoms. The molecule has 0 heterocycles. The number of hydrogen-bond acceptors (Lipinski definition) is 4. The predicted molar refractivity (Wildman–Crippen MR) is 101 cm³/mol. The van der Waals surface area contributed by atoms with Crippen LogP contribution in [0.25, 0.3) is 0 Å². The minimum atomic E-state index is 0.413. The van der Waals surface area contributed by atoms with E-state index in [2.05, 4.69) is 15.8 Å². The first-order chi connectivity index (χ1) is 11.6. The Hall–Kier alpha value is -2.31. The third-order valence-corrected chi connectivity index (χ3v) is 3.65. The molecule has 7 heteroatoms. The lowest BCUT2D eigenvalue weighted by atomic mass is 10.2. The van der Waals surface area contributed by atoms with Crippen LogP contribution in [0.1, 0.15) is 11.1 Å². The zero-order chi connectivity index (χ0) is 17.4. The molecular formula is C17H18ClN3O2S. The molecule has 2 aromatic carbocycles. The predicted octanol–water partition coefficient (Wildman–Crippen LogP) is 3.36. The van der Waals surface area contributed by atoms with Crippen LogP contribution in [0.3, 0.4) is 0 Å². The van der Waals surface area contributed by atoms with E-state index in [1.165, 1.54) is 0 Å². The molecule has 2 aromatic rings. The number of nitrogens with one attached hydrogen (secondary N) is 2. The number of halogens is 1. The van der Waals surface area contributed by atoms with Crippen molar-refractivity contribution in [1.29, 1.82) is 0 Å². The Labute approximate surface area is 151 Å². The Balaban J connectivity index is 2.07. The van der Waals surface area contributed by atoms with Crippen LogP contribution >= 0.6 is 23.8 Å².